The Labute approximate surface area is 209 Å². The summed E-state index contributed by atoms with van der Waals surface area (Å²) in [4.78, 5) is 12.7. The Morgan fingerprint density at radius 2 is 1.43 bits per heavy atom. The highest BCUT2D eigenvalue weighted by Crippen LogP contribution is 2.43. The van der Waals surface area contributed by atoms with E-state index < -0.39 is 17.5 Å². The second-order valence-corrected chi connectivity index (χ2v) is 13.0. The van der Waals surface area contributed by atoms with E-state index in [1.54, 1.807) is 24.3 Å². The van der Waals surface area contributed by atoms with E-state index in [2.05, 4.69) is 6.92 Å². The lowest BCUT2D eigenvalue weighted by atomic mass is 9.71. The molecule has 0 aromatic heterocycles. The highest BCUT2D eigenvalue weighted by Gasteiger charge is 2.33. The van der Waals surface area contributed by atoms with Gasteiger partial charge in [0.1, 0.15) is 5.75 Å². The lowest BCUT2D eigenvalue weighted by molar-refractivity contribution is -0.140. The van der Waals surface area contributed by atoms with Crippen molar-refractivity contribution < 1.29 is 22.7 Å². The first-order valence-electron chi connectivity index (χ1n) is 13.4. The molecule has 2 aromatic rings. The predicted octanol–water partition coefficient (Wildman–Crippen LogP) is 7.85. The molecule has 190 valence electrons. The van der Waals surface area contributed by atoms with Crippen LogP contribution < -0.4 is 4.74 Å². The lowest BCUT2D eigenvalue weighted by Gasteiger charge is -2.37. The van der Waals surface area contributed by atoms with Gasteiger partial charge in [-0.3, -0.25) is 4.79 Å². The van der Waals surface area contributed by atoms with Gasteiger partial charge in [0.15, 0.2) is 17.5 Å². The van der Waals surface area contributed by atoms with Crippen LogP contribution in [0.5, 0.6) is 5.75 Å². The van der Waals surface area contributed by atoms with Gasteiger partial charge in [0.25, 0.3) is 0 Å². The maximum absolute atomic E-state index is 13.5. The van der Waals surface area contributed by atoms with Crippen LogP contribution in [0, 0.1) is 35.2 Å². The predicted molar refractivity (Wildman–Crippen MR) is 137 cm³/mol. The average molecular weight is 503 g/mol. The third-order valence-electron chi connectivity index (χ3n) is 8.27. The first-order chi connectivity index (χ1) is 16.9. The number of rotatable bonds is 8. The first-order valence-corrected chi connectivity index (χ1v) is 15.2. The largest absolute Gasteiger partial charge is 0.426 e. The van der Waals surface area contributed by atoms with E-state index >= 15 is 0 Å². The molecule has 0 bridgehead atoms. The molecule has 2 saturated carbocycles. The number of hydrogen-bond acceptors (Lipinski definition) is 2. The van der Waals surface area contributed by atoms with Crippen molar-refractivity contribution in [2.45, 2.75) is 82.7 Å². The molecule has 0 spiro atoms. The molecule has 0 atom stereocenters. The number of benzene rings is 2. The van der Waals surface area contributed by atoms with Crippen molar-refractivity contribution in [1.29, 1.82) is 0 Å². The van der Waals surface area contributed by atoms with Crippen molar-refractivity contribution in [2.75, 3.05) is 0 Å². The molecule has 2 aliphatic carbocycles. The average Bonchev–Trinajstić information content (AvgIpc) is 2.88. The van der Waals surface area contributed by atoms with Crippen LogP contribution in [-0.4, -0.2) is 15.5 Å². The molecule has 0 aliphatic heterocycles. The minimum atomic E-state index is -1.48. The summed E-state index contributed by atoms with van der Waals surface area (Å²) in [5, 5.41) is 0. The number of halogens is 3. The molecule has 2 aromatic carbocycles. The quantitative estimate of drug-likeness (QED) is 0.121. The molecule has 0 amide bonds. The van der Waals surface area contributed by atoms with E-state index in [1.165, 1.54) is 44.6 Å². The normalized spacial score (nSPS) is 25.1. The van der Waals surface area contributed by atoms with Crippen molar-refractivity contribution in [3.63, 3.8) is 0 Å². The molecule has 0 heterocycles. The number of carbonyl (C=O) groups is 1. The maximum Gasteiger partial charge on any atom is 0.314 e. The van der Waals surface area contributed by atoms with Gasteiger partial charge in [-0.05, 0) is 72.9 Å². The first kappa shape index (κ1) is 26.0. The lowest BCUT2D eigenvalue weighted by Crippen LogP contribution is -2.30. The van der Waals surface area contributed by atoms with Gasteiger partial charge in [-0.2, -0.15) is 0 Å². The van der Waals surface area contributed by atoms with Gasteiger partial charge < -0.3 is 4.74 Å². The van der Waals surface area contributed by atoms with E-state index in [0.29, 0.717) is 11.3 Å². The van der Waals surface area contributed by atoms with Gasteiger partial charge in [-0.1, -0.05) is 69.2 Å². The Bertz CT molecular complexity index is 955. The van der Waals surface area contributed by atoms with Crippen molar-refractivity contribution >= 4 is 15.5 Å². The second-order valence-electron chi connectivity index (χ2n) is 10.6. The molecule has 2 nitrogen and oxygen atoms in total. The molecule has 0 radical (unpaired) electrons. The molecule has 0 unspecified atom stereocenters. The summed E-state index contributed by atoms with van der Waals surface area (Å²) in [7, 11) is 0.122. The van der Waals surface area contributed by atoms with Gasteiger partial charge in [-0.15, -0.1) is 0 Å². The van der Waals surface area contributed by atoms with Crippen LogP contribution in [0.25, 0.3) is 11.1 Å². The number of hydrogen-bond donors (Lipinski definition) is 0. The van der Waals surface area contributed by atoms with Crippen LogP contribution in [0.1, 0.15) is 71.1 Å². The van der Waals surface area contributed by atoms with Crippen molar-refractivity contribution in [3.8, 4) is 16.9 Å². The van der Waals surface area contributed by atoms with Gasteiger partial charge >= 0.3 is 5.97 Å². The topological polar surface area (TPSA) is 26.3 Å². The fraction of sp³-hybridized carbons (Fsp3) is 0.552. The van der Waals surface area contributed by atoms with Crippen LogP contribution in [0.15, 0.2) is 36.4 Å². The Morgan fingerprint density at radius 1 is 0.857 bits per heavy atom. The standard InChI is InChI=1S/C29H37F3O2Si/c1-2-3-16-35-25-14-10-20(11-15-25)19-4-6-22(7-5-19)29(33)34-24-12-8-21(9-13-24)23-17-26(30)28(32)27(31)18-23/h8-9,12-13,17-20,22,25H,2-7,10-11,14-16,35H2,1H3/t19-,20-,22-,25-. The molecule has 0 N–H and O–H groups in total. The number of carbonyl (C=O) groups excluding carboxylic acids is 1. The summed E-state index contributed by atoms with van der Waals surface area (Å²) in [5.41, 5.74) is 1.82. The Hall–Kier alpha value is -2.08. The van der Waals surface area contributed by atoms with Crippen LogP contribution in [-0.2, 0) is 4.79 Å². The molecule has 2 aliphatic rings. The van der Waals surface area contributed by atoms with Crippen LogP contribution in [0.2, 0.25) is 11.6 Å². The van der Waals surface area contributed by atoms with Crippen molar-refractivity contribution in [3.05, 3.63) is 53.8 Å². The maximum atomic E-state index is 13.5. The minimum Gasteiger partial charge on any atom is -0.426 e. The number of esters is 1. The van der Waals surface area contributed by atoms with Crippen LogP contribution in [0.4, 0.5) is 13.2 Å². The molecular weight excluding hydrogens is 465 g/mol. The van der Waals surface area contributed by atoms with Crippen LogP contribution >= 0.6 is 0 Å². The summed E-state index contributed by atoms with van der Waals surface area (Å²) in [6.07, 6.45) is 12.4. The monoisotopic (exact) mass is 502 g/mol. The molecule has 4 rings (SSSR count). The fourth-order valence-corrected chi connectivity index (χ4v) is 8.51. The minimum absolute atomic E-state index is 0.0657. The number of unbranched alkanes of at least 4 members (excludes halogenated alkanes) is 1. The van der Waals surface area contributed by atoms with Gasteiger partial charge in [0.05, 0.1) is 5.92 Å². The van der Waals surface area contributed by atoms with Crippen molar-refractivity contribution in [1.82, 2.24) is 0 Å². The summed E-state index contributed by atoms with van der Waals surface area (Å²) in [5.74, 6) is -2.18. The number of ether oxygens (including phenoxy) is 1. The van der Waals surface area contributed by atoms with Gasteiger partial charge in [-0.25, -0.2) is 13.2 Å². The Balaban J connectivity index is 1.23. The van der Waals surface area contributed by atoms with E-state index in [0.717, 1.165) is 55.2 Å². The fourth-order valence-electron chi connectivity index (χ4n) is 6.09. The zero-order valence-corrected chi connectivity index (χ0v) is 22.1. The molecule has 2 fully saturated rings. The molecule has 35 heavy (non-hydrogen) atoms. The third-order valence-corrected chi connectivity index (χ3v) is 10.8. The van der Waals surface area contributed by atoms with E-state index in [4.69, 9.17) is 4.74 Å². The SMILES string of the molecule is CCCC[SiH2][C@H]1CC[C@H]([C@H]2CC[C@H](C(=O)Oc3ccc(-c4cc(F)c(F)c(F)c4)cc3)CC2)CC1. The van der Waals surface area contributed by atoms with Crippen molar-refractivity contribution in [2.24, 2.45) is 17.8 Å². The second kappa shape index (κ2) is 12.2. The van der Waals surface area contributed by atoms with E-state index in [1.807, 2.05) is 0 Å². The summed E-state index contributed by atoms with van der Waals surface area (Å²) in [6, 6.07) is 9.89. The highest BCUT2D eigenvalue weighted by atomic mass is 28.2. The zero-order chi connectivity index (χ0) is 24.8. The van der Waals surface area contributed by atoms with Crippen LogP contribution in [0.3, 0.4) is 0 Å². The third kappa shape index (κ3) is 6.78. The Kier molecular flexibility index (Phi) is 9.09. The molecule has 6 heteroatoms. The van der Waals surface area contributed by atoms with E-state index in [9.17, 15) is 18.0 Å². The summed E-state index contributed by atoms with van der Waals surface area (Å²) in [6.45, 7) is 2.29. The summed E-state index contributed by atoms with van der Waals surface area (Å²) < 4.78 is 45.9. The molecule has 0 saturated heterocycles. The van der Waals surface area contributed by atoms with E-state index in [-0.39, 0.29) is 27.0 Å². The smallest absolute Gasteiger partial charge is 0.314 e. The zero-order valence-electron chi connectivity index (χ0n) is 20.7. The highest BCUT2D eigenvalue weighted by molar-refractivity contribution is 6.37. The Morgan fingerprint density at radius 3 is 2.00 bits per heavy atom. The van der Waals surface area contributed by atoms with Gasteiger partial charge in [0, 0.05) is 9.52 Å². The molecular formula is C29H37F3O2Si. The van der Waals surface area contributed by atoms with Gasteiger partial charge in [0.2, 0.25) is 0 Å². The summed E-state index contributed by atoms with van der Waals surface area (Å²) >= 11 is 0.